The number of aliphatic hydroxyl groups is 2. The maximum atomic E-state index is 12.1. The predicted octanol–water partition coefficient (Wildman–Crippen LogP) is 7.53. The molecular weight excluding hydrogens is 392 g/mol. The van der Waals surface area contributed by atoms with E-state index < -0.39 is 11.0 Å². The molecule has 0 aromatic carbocycles. The zero-order chi connectivity index (χ0) is 23.7. The fourth-order valence-electron chi connectivity index (χ4n) is 10.2. The van der Waals surface area contributed by atoms with Crippen LogP contribution in [0.15, 0.2) is 11.6 Å². The van der Waals surface area contributed by atoms with Crippen molar-refractivity contribution in [1.82, 2.24) is 0 Å². The summed E-state index contributed by atoms with van der Waals surface area (Å²) in [6.45, 7) is 19.0. The summed E-state index contributed by atoms with van der Waals surface area (Å²) in [5.74, 6) is 2.63. The van der Waals surface area contributed by atoms with Crippen LogP contribution in [-0.4, -0.2) is 21.9 Å². The molecule has 0 aliphatic heterocycles. The number of rotatable bonds is 4. The Morgan fingerprint density at radius 3 is 2.22 bits per heavy atom. The molecule has 0 aromatic rings. The second-order valence-corrected chi connectivity index (χ2v) is 14.2. The number of fused-ring (bicyclic) bond motifs is 5. The average Bonchev–Trinajstić information content (AvgIpc) is 2.97. The van der Waals surface area contributed by atoms with Crippen molar-refractivity contribution < 1.29 is 10.2 Å². The molecule has 4 saturated carbocycles. The summed E-state index contributed by atoms with van der Waals surface area (Å²) in [6, 6.07) is 0. The van der Waals surface area contributed by atoms with Gasteiger partial charge in [-0.25, -0.2) is 0 Å². The molecule has 32 heavy (non-hydrogen) atoms. The van der Waals surface area contributed by atoms with E-state index in [4.69, 9.17) is 0 Å². The van der Waals surface area contributed by atoms with E-state index in [1.165, 1.54) is 44.1 Å². The Morgan fingerprint density at radius 1 is 0.875 bits per heavy atom. The normalized spacial score (nSPS) is 50.7. The predicted molar refractivity (Wildman–Crippen MR) is 134 cm³/mol. The first-order valence-corrected chi connectivity index (χ1v) is 13.8. The molecule has 2 nitrogen and oxygen atoms in total. The van der Waals surface area contributed by atoms with Crippen LogP contribution in [0.3, 0.4) is 0 Å². The summed E-state index contributed by atoms with van der Waals surface area (Å²) in [7, 11) is 0. The van der Waals surface area contributed by atoms with Crippen molar-refractivity contribution in [2.75, 3.05) is 0 Å². The molecule has 184 valence electrons. The van der Waals surface area contributed by atoms with Crippen molar-refractivity contribution in [3.63, 3.8) is 0 Å². The standard InChI is InChI=1S/C30H52O2/c1-20(2)10-9-11-21(3)22-14-16-29(8)23-15-17-30(32)24(12-13-25(31)26(30,4)5)27(23,6)18-19-28(22,29)7/h10,21-25,31-32H,9,11-19H2,1-8H3. The van der Waals surface area contributed by atoms with E-state index in [-0.39, 0.29) is 11.5 Å². The Morgan fingerprint density at radius 2 is 1.56 bits per heavy atom. The molecule has 0 heterocycles. The topological polar surface area (TPSA) is 40.5 Å². The van der Waals surface area contributed by atoms with Crippen LogP contribution in [-0.2, 0) is 0 Å². The lowest BCUT2D eigenvalue weighted by atomic mass is 9.36. The molecule has 2 heteroatoms. The van der Waals surface area contributed by atoms with Crippen LogP contribution in [0.1, 0.15) is 120 Å². The second kappa shape index (κ2) is 7.84. The van der Waals surface area contributed by atoms with Gasteiger partial charge < -0.3 is 10.2 Å². The first-order valence-electron chi connectivity index (χ1n) is 13.8. The van der Waals surface area contributed by atoms with Crippen molar-refractivity contribution >= 4 is 0 Å². The van der Waals surface area contributed by atoms with Gasteiger partial charge in [0.15, 0.2) is 0 Å². The lowest BCUT2D eigenvalue weighted by Crippen LogP contribution is -2.69. The van der Waals surface area contributed by atoms with Crippen molar-refractivity contribution in [3.05, 3.63) is 11.6 Å². The fourth-order valence-corrected chi connectivity index (χ4v) is 10.2. The van der Waals surface area contributed by atoms with Gasteiger partial charge in [-0.1, -0.05) is 53.2 Å². The Balaban J connectivity index is 1.62. The van der Waals surface area contributed by atoms with Gasteiger partial charge in [0.05, 0.1) is 11.7 Å². The highest BCUT2D eigenvalue weighted by Gasteiger charge is 2.71. The molecule has 0 bridgehead atoms. The third kappa shape index (κ3) is 3.17. The highest BCUT2D eigenvalue weighted by atomic mass is 16.3. The van der Waals surface area contributed by atoms with Crippen molar-refractivity contribution in [2.45, 2.75) is 131 Å². The molecule has 9 atom stereocenters. The van der Waals surface area contributed by atoms with E-state index >= 15 is 0 Å². The Kier molecular flexibility index (Phi) is 6.07. The minimum absolute atomic E-state index is 0.193. The molecule has 0 radical (unpaired) electrons. The minimum Gasteiger partial charge on any atom is -0.392 e. The summed E-state index contributed by atoms with van der Waals surface area (Å²) in [6.07, 6.45) is 13.7. The van der Waals surface area contributed by atoms with Crippen LogP contribution in [0.25, 0.3) is 0 Å². The number of hydrogen-bond donors (Lipinski definition) is 2. The van der Waals surface area contributed by atoms with Crippen molar-refractivity contribution in [3.8, 4) is 0 Å². The van der Waals surface area contributed by atoms with E-state index in [1.807, 2.05) is 0 Å². The van der Waals surface area contributed by atoms with Gasteiger partial charge in [0, 0.05) is 5.41 Å². The fraction of sp³-hybridized carbons (Fsp3) is 0.933. The van der Waals surface area contributed by atoms with E-state index in [1.54, 1.807) is 0 Å². The minimum atomic E-state index is -0.727. The van der Waals surface area contributed by atoms with Crippen LogP contribution in [0.2, 0.25) is 0 Å². The zero-order valence-corrected chi connectivity index (χ0v) is 22.4. The molecule has 0 amide bonds. The highest BCUT2D eigenvalue weighted by molar-refractivity contribution is 5.21. The zero-order valence-electron chi connectivity index (χ0n) is 22.4. The summed E-state index contributed by atoms with van der Waals surface area (Å²) >= 11 is 0. The van der Waals surface area contributed by atoms with Gasteiger partial charge in [0.25, 0.3) is 0 Å². The molecule has 0 spiro atoms. The molecule has 2 N–H and O–H groups in total. The van der Waals surface area contributed by atoms with Gasteiger partial charge in [0.1, 0.15) is 0 Å². The van der Waals surface area contributed by atoms with E-state index in [0.29, 0.717) is 22.7 Å². The summed E-state index contributed by atoms with van der Waals surface area (Å²) in [5.41, 5.74) is 1.29. The largest absolute Gasteiger partial charge is 0.392 e. The number of hydrogen-bond acceptors (Lipinski definition) is 2. The Labute approximate surface area is 198 Å². The first-order chi connectivity index (χ1) is 14.7. The monoisotopic (exact) mass is 444 g/mol. The van der Waals surface area contributed by atoms with Crippen LogP contribution in [0, 0.1) is 45.3 Å². The molecule has 4 fully saturated rings. The molecule has 0 aromatic heterocycles. The third-order valence-electron chi connectivity index (χ3n) is 12.6. The van der Waals surface area contributed by atoms with Crippen LogP contribution in [0.4, 0.5) is 0 Å². The highest BCUT2D eigenvalue weighted by Crippen LogP contribution is 2.76. The quantitative estimate of drug-likeness (QED) is 0.440. The van der Waals surface area contributed by atoms with Gasteiger partial charge in [-0.05, 0) is 118 Å². The lowest BCUT2D eigenvalue weighted by Gasteiger charge is -2.70. The molecule has 0 saturated heterocycles. The SMILES string of the molecule is CC(C)=CCCC(C)C1CCC2(C)C3CCC4(O)C(CCC(O)C4(C)C)C3(C)CCC12C. The first kappa shape index (κ1) is 24.8. The van der Waals surface area contributed by atoms with Crippen LogP contribution < -0.4 is 0 Å². The van der Waals surface area contributed by atoms with E-state index in [9.17, 15) is 10.2 Å². The Hall–Kier alpha value is -0.340. The number of allylic oxidation sites excluding steroid dienone is 2. The summed E-state index contributed by atoms with van der Waals surface area (Å²) in [5, 5.41) is 22.9. The van der Waals surface area contributed by atoms with Gasteiger partial charge in [-0.2, -0.15) is 0 Å². The van der Waals surface area contributed by atoms with Gasteiger partial charge in [0.2, 0.25) is 0 Å². The Bertz CT molecular complexity index is 750. The van der Waals surface area contributed by atoms with E-state index in [2.05, 4.69) is 61.5 Å². The number of aliphatic hydroxyl groups excluding tert-OH is 1. The van der Waals surface area contributed by atoms with Crippen LogP contribution in [0.5, 0.6) is 0 Å². The molecule has 4 aliphatic carbocycles. The van der Waals surface area contributed by atoms with Gasteiger partial charge in [-0.15, -0.1) is 0 Å². The molecule has 9 unspecified atom stereocenters. The third-order valence-corrected chi connectivity index (χ3v) is 12.6. The van der Waals surface area contributed by atoms with Crippen molar-refractivity contribution in [1.29, 1.82) is 0 Å². The van der Waals surface area contributed by atoms with E-state index in [0.717, 1.165) is 37.5 Å². The molecule has 4 rings (SSSR count). The maximum Gasteiger partial charge on any atom is 0.0756 e. The smallest absolute Gasteiger partial charge is 0.0756 e. The summed E-state index contributed by atoms with van der Waals surface area (Å²) < 4.78 is 0. The van der Waals surface area contributed by atoms with Gasteiger partial charge in [-0.3, -0.25) is 0 Å². The van der Waals surface area contributed by atoms with Gasteiger partial charge >= 0.3 is 0 Å². The van der Waals surface area contributed by atoms with Crippen molar-refractivity contribution in [2.24, 2.45) is 45.3 Å². The molecule has 4 aliphatic rings. The molecular formula is C30H52O2. The maximum absolute atomic E-state index is 12.1. The lowest BCUT2D eigenvalue weighted by molar-refractivity contribution is -0.274. The van der Waals surface area contributed by atoms with Crippen LogP contribution >= 0.6 is 0 Å². The summed E-state index contributed by atoms with van der Waals surface area (Å²) in [4.78, 5) is 0. The average molecular weight is 445 g/mol. The second-order valence-electron chi connectivity index (χ2n) is 14.2.